The van der Waals surface area contributed by atoms with Gasteiger partial charge in [0.15, 0.2) is 0 Å². The van der Waals surface area contributed by atoms with Gasteiger partial charge in [-0.3, -0.25) is 19.1 Å². The molecular weight excluding hydrogens is 456 g/mol. The molecule has 5 rings (SSSR count). The molecule has 3 heterocycles. The summed E-state index contributed by atoms with van der Waals surface area (Å²) in [6.45, 7) is 0.307. The second-order valence-electron chi connectivity index (χ2n) is 8.91. The summed E-state index contributed by atoms with van der Waals surface area (Å²) in [5.74, 6) is 1.11. The van der Waals surface area contributed by atoms with Gasteiger partial charge in [0.25, 0.3) is 5.91 Å². The van der Waals surface area contributed by atoms with Gasteiger partial charge in [0, 0.05) is 18.8 Å². The smallest absolute Gasteiger partial charge is 0.269 e. The van der Waals surface area contributed by atoms with Crippen molar-refractivity contribution in [3.8, 4) is 34.1 Å². The molecule has 1 aromatic carbocycles. The van der Waals surface area contributed by atoms with E-state index in [4.69, 9.17) is 14.6 Å². The molecule has 0 radical (unpaired) electrons. The molecule has 1 N–H and O–H groups in total. The molecule has 186 valence electrons. The van der Waals surface area contributed by atoms with Crippen molar-refractivity contribution >= 4 is 5.91 Å². The lowest BCUT2D eigenvalue weighted by molar-refractivity contribution is 0.0941. The molecule has 1 aliphatic rings. The zero-order chi connectivity index (χ0) is 25.1. The summed E-state index contributed by atoms with van der Waals surface area (Å²) in [6.07, 6.45) is 6.43. The van der Waals surface area contributed by atoms with Gasteiger partial charge >= 0.3 is 0 Å². The van der Waals surface area contributed by atoms with Crippen LogP contribution in [0.1, 0.15) is 47.9 Å². The minimum absolute atomic E-state index is 0.229. The molecule has 1 fully saturated rings. The maximum atomic E-state index is 13.1. The molecule has 4 aromatic rings. The van der Waals surface area contributed by atoms with Crippen LogP contribution in [0.5, 0.6) is 11.5 Å². The highest BCUT2D eigenvalue weighted by Gasteiger charge is 2.23. The van der Waals surface area contributed by atoms with Crippen LogP contribution in [-0.2, 0) is 13.6 Å². The van der Waals surface area contributed by atoms with E-state index in [9.17, 15) is 4.79 Å². The van der Waals surface area contributed by atoms with Gasteiger partial charge in [0.1, 0.15) is 17.2 Å². The standard InChI is InChI=1S/C27H30N6O3/c1-32-25(16-23(31-32)21-15-20(35-2)11-12-26(21)36-3)27(34)29-17-18-14-24(22-10-6-7-13-28-22)33(30-18)19-8-4-5-9-19/h6-7,10-16,19H,4-5,8-9,17H2,1-3H3,(H,29,34). The lowest BCUT2D eigenvalue weighted by atomic mass is 10.1. The number of aromatic nitrogens is 5. The Morgan fingerprint density at radius 3 is 2.58 bits per heavy atom. The maximum Gasteiger partial charge on any atom is 0.269 e. The molecule has 0 aliphatic heterocycles. The van der Waals surface area contributed by atoms with E-state index in [0.717, 1.165) is 35.5 Å². The van der Waals surface area contributed by atoms with Gasteiger partial charge in [-0.25, -0.2) is 0 Å². The summed E-state index contributed by atoms with van der Waals surface area (Å²) in [5, 5.41) is 12.4. The number of nitrogens with zero attached hydrogens (tertiary/aromatic N) is 5. The Morgan fingerprint density at radius 1 is 1.03 bits per heavy atom. The number of amides is 1. The van der Waals surface area contributed by atoms with Crippen LogP contribution in [0.25, 0.3) is 22.6 Å². The van der Waals surface area contributed by atoms with Gasteiger partial charge in [0.05, 0.1) is 49.6 Å². The fourth-order valence-electron chi connectivity index (χ4n) is 4.75. The molecule has 1 amide bonds. The molecule has 0 unspecified atom stereocenters. The predicted molar refractivity (Wildman–Crippen MR) is 136 cm³/mol. The summed E-state index contributed by atoms with van der Waals surface area (Å²) in [7, 11) is 4.96. The van der Waals surface area contributed by atoms with E-state index >= 15 is 0 Å². The average Bonchev–Trinajstić information content (AvgIpc) is 3.67. The predicted octanol–water partition coefficient (Wildman–Crippen LogP) is 4.41. The van der Waals surface area contributed by atoms with E-state index in [0.29, 0.717) is 35.5 Å². The van der Waals surface area contributed by atoms with Crippen molar-refractivity contribution in [3.05, 3.63) is 66.1 Å². The summed E-state index contributed by atoms with van der Waals surface area (Å²) in [5.41, 5.74) is 4.49. The zero-order valence-corrected chi connectivity index (χ0v) is 20.8. The largest absolute Gasteiger partial charge is 0.497 e. The molecule has 1 saturated carbocycles. The van der Waals surface area contributed by atoms with Crippen molar-refractivity contribution in [1.82, 2.24) is 29.9 Å². The Morgan fingerprint density at radius 2 is 1.86 bits per heavy atom. The minimum atomic E-state index is -0.229. The molecule has 0 saturated heterocycles. The number of carbonyl (C=O) groups is 1. The van der Waals surface area contributed by atoms with Crippen LogP contribution in [-0.4, -0.2) is 44.7 Å². The fourth-order valence-corrected chi connectivity index (χ4v) is 4.75. The highest BCUT2D eigenvalue weighted by atomic mass is 16.5. The highest BCUT2D eigenvalue weighted by molar-refractivity contribution is 5.94. The summed E-state index contributed by atoms with van der Waals surface area (Å²) >= 11 is 0. The molecule has 0 spiro atoms. The zero-order valence-electron chi connectivity index (χ0n) is 20.8. The van der Waals surface area contributed by atoms with Crippen LogP contribution in [0.4, 0.5) is 0 Å². The van der Waals surface area contributed by atoms with Gasteiger partial charge < -0.3 is 14.8 Å². The molecule has 0 atom stereocenters. The number of aryl methyl sites for hydroxylation is 1. The Balaban J connectivity index is 1.36. The van der Waals surface area contributed by atoms with Crippen molar-refractivity contribution in [2.24, 2.45) is 7.05 Å². The second-order valence-corrected chi connectivity index (χ2v) is 8.91. The Labute approximate surface area is 210 Å². The monoisotopic (exact) mass is 486 g/mol. The van der Waals surface area contributed by atoms with Crippen LogP contribution in [0.15, 0.2) is 54.7 Å². The van der Waals surface area contributed by atoms with Gasteiger partial charge in [-0.15, -0.1) is 0 Å². The highest BCUT2D eigenvalue weighted by Crippen LogP contribution is 2.34. The minimum Gasteiger partial charge on any atom is -0.497 e. The Kier molecular flexibility index (Phi) is 6.71. The van der Waals surface area contributed by atoms with E-state index in [1.807, 2.05) is 42.5 Å². The number of hydrogen-bond donors (Lipinski definition) is 1. The Hall–Kier alpha value is -4.14. The van der Waals surface area contributed by atoms with Gasteiger partial charge in [-0.1, -0.05) is 18.9 Å². The van der Waals surface area contributed by atoms with E-state index in [-0.39, 0.29) is 5.91 Å². The van der Waals surface area contributed by atoms with E-state index < -0.39 is 0 Å². The molecule has 9 nitrogen and oxygen atoms in total. The lowest BCUT2D eigenvalue weighted by Gasteiger charge is -2.13. The SMILES string of the molecule is COc1ccc(OC)c(-c2cc(C(=O)NCc3cc(-c4ccccn4)n(C4CCCC4)n3)n(C)n2)c1. The van der Waals surface area contributed by atoms with E-state index in [1.165, 1.54) is 12.8 Å². The first-order chi connectivity index (χ1) is 17.6. The number of hydrogen-bond acceptors (Lipinski definition) is 6. The van der Waals surface area contributed by atoms with Gasteiger partial charge in [-0.2, -0.15) is 10.2 Å². The molecule has 36 heavy (non-hydrogen) atoms. The normalized spacial score (nSPS) is 13.6. The summed E-state index contributed by atoms with van der Waals surface area (Å²) in [6, 6.07) is 15.5. The third-order valence-electron chi connectivity index (χ3n) is 6.61. The topological polar surface area (TPSA) is 96.1 Å². The molecule has 1 aliphatic carbocycles. The van der Waals surface area contributed by atoms with Gasteiger partial charge in [0.2, 0.25) is 0 Å². The van der Waals surface area contributed by atoms with E-state index in [1.54, 1.807) is 38.2 Å². The van der Waals surface area contributed by atoms with Crippen molar-refractivity contribution < 1.29 is 14.3 Å². The van der Waals surface area contributed by atoms with E-state index in [2.05, 4.69) is 20.1 Å². The lowest BCUT2D eigenvalue weighted by Crippen LogP contribution is -2.25. The third-order valence-corrected chi connectivity index (χ3v) is 6.61. The first-order valence-electron chi connectivity index (χ1n) is 12.1. The molecule has 0 bridgehead atoms. The van der Waals surface area contributed by atoms with Crippen LogP contribution < -0.4 is 14.8 Å². The van der Waals surface area contributed by atoms with Crippen molar-refractivity contribution in [3.63, 3.8) is 0 Å². The van der Waals surface area contributed by atoms with Crippen molar-refractivity contribution in [1.29, 1.82) is 0 Å². The van der Waals surface area contributed by atoms with Crippen LogP contribution in [0.3, 0.4) is 0 Å². The number of nitrogens with one attached hydrogen (secondary N) is 1. The quantitative estimate of drug-likeness (QED) is 0.396. The number of ether oxygens (including phenoxy) is 2. The summed E-state index contributed by atoms with van der Waals surface area (Å²) in [4.78, 5) is 17.6. The van der Waals surface area contributed by atoms with Crippen LogP contribution >= 0.6 is 0 Å². The Bertz CT molecular complexity index is 1360. The first kappa shape index (κ1) is 23.6. The fraction of sp³-hybridized carbons (Fsp3) is 0.333. The third kappa shape index (κ3) is 4.68. The molecular formula is C27H30N6O3. The van der Waals surface area contributed by atoms with Crippen LogP contribution in [0, 0.1) is 0 Å². The first-order valence-corrected chi connectivity index (χ1v) is 12.1. The summed E-state index contributed by atoms with van der Waals surface area (Å²) < 4.78 is 14.5. The van der Waals surface area contributed by atoms with Crippen LogP contribution in [0.2, 0.25) is 0 Å². The average molecular weight is 487 g/mol. The molecule has 9 heteroatoms. The van der Waals surface area contributed by atoms with Crippen molar-refractivity contribution in [2.45, 2.75) is 38.3 Å². The number of carbonyl (C=O) groups excluding carboxylic acids is 1. The number of methoxy groups -OCH3 is 2. The van der Waals surface area contributed by atoms with Crippen molar-refractivity contribution in [2.75, 3.05) is 14.2 Å². The number of benzene rings is 1. The van der Waals surface area contributed by atoms with Gasteiger partial charge in [-0.05, 0) is 55.3 Å². The number of pyridine rings is 1. The maximum absolute atomic E-state index is 13.1. The second kappa shape index (κ2) is 10.2. The molecule has 3 aromatic heterocycles. The number of rotatable bonds is 8.